The lowest BCUT2D eigenvalue weighted by Crippen LogP contribution is -2.19. The Hall–Kier alpha value is -1.12. The minimum absolute atomic E-state index is 0.204. The van der Waals surface area contributed by atoms with Gasteiger partial charge in [0.1, 0.15) is 5.78 Å². The summed E-state index contributed by atoms with van der Waals surface area (Å²) in [6, 6.07) is 2.00. The van der Waals surface area contributed by atoms with Crippen LogP contribution >= 0.6 is 0 Å². The van der Waals surface area contributed by atoms with E-state index in [0.29, 0.717) is 12.2 Å². The third kappa shape index (κ3) is 3.86. The highest BCUT2D eigenvalue weighted by molar-refractivity contribution is 5.83. The van der Waals surface area contributed by atoms with Gasteiger partial charge in [0.25, 0.3) is 0 Å². The number of carbonyl (C=O) groups is 1. The molecule has 0 aromatic carbocycles. The highest BCUT2D eigenvalue weighted by Crippen LogP contribution is 2.18. The van der Waals surface area contributed by atoms with Crippen LogP contribution in [0.2, 0.25) is 0 Å². The van der Waals surface area contributed by atoms with Crippen molar-refractivity contribution in [3.05, 3.63) is 18.0 Å². The summed E-state index contributed by atoms with van der Waals surface area (Å²) >= 11 is 0. The average Bonchev–Trinajstić information content (AvgIpc) is 2.49. The highest BCUT2D eigenvalue weighted by Gasteiger charge is 2.20. The molecule has 0 spiro atoms. The molecule has 0 atom stereocenters. The number of aromatic nitrogens is 2. The molecule has 0 saturated carbocycles. The standard InChI is InChI=1S/C12H20N2O/c1-12(2,3)11(15)7-5-6-10-8-9-14(4)13-10/h8-9H,5-7H2,1-4H3. The molecule has 0 aliphatic heterocycles. The number of carbonyl (C=O) groups excluding carboxylic acids is 1. The maximum absolute atomic E-state index is 11.6. The van der Waals surface area contributed by atoms with Crippen molar-refractivity contribution in [1.82, 2.24) is 9.78 Å². The topological polar surface area (TPSA) is 34.9 Å². The predicted octanol–water partition coefficient (Wildman–Crippen LogP) is 2.36. The molecule has 0 aliphatic rings. The van der Waals surface area contributed by atoms with Gasteiger partial charge >= 0.3 is 0 Å². The molecule has 3 heteroatoms. The van der Waals surface area contributed by atoms with Gasteiger partial charge < -0.3 is 0 Å². The molecular formula is C12H20N2O. The normalized spacial score (nSPS) is 11.7. The summed E-state index contributed by atoms with van der Waals surface area (Å²) in [4.78, 5) is 11.6. The predicted molar refractivity (Wildman–Crippen MR) is 60.6 cm³/mol. The fraction of sp³-hybridized carbons (Fsp3) is 0.667. The molecule has 15 heavy (non-hydrogen) atoms. The zero-order valence-corrected chi connectivity index (χ0v) is 10.1. The van der Waals surface area contributed by atoms with Gasteiger partial charge in [-0.25, -0.2) is 0 Å². The molecular weight excluding hydrogens is 188 g/mol. The highest BCUT2D eigenvalue weighted by atomic mass is 16.1. The van der Waals surface area contributed by atoms with Crippen molar-refractivity contribution in [1.29, 1.82) is 0 Å². The Labute approximate surface area is 91.5 Å². The molecule has 84 valence electrons. The number of Topliss-reactive ketones (excluding diaryl/α,β-unsaturated/α-hetero) is 1. The Kier molecular flexibility index (Phi) is 3.66. The van der Waals surface area contributed by atoms with Crippen molar-refractivity contribution < 1.29 is 4.79 Å². The van der Waals surface area contributed by atoms with Gasteiger partial charge in [0, 0.05) is 25.1 Å². The second kappa shape index (κ2) is 4.60. The van der Waals surface area contributed by atoms with E-state index in [1.54, 1.807) is 4.68 Å². The van der Waals surface area contributed by atoms with Gasteiger partial charge in [-0.1, -0.05) is 20.8 Å². The van der Waals surface area contributed by atoms with Crippen LogP contribution in [0, 0.1) is 5.41 Å². The Balaban J connectivity index is 2.31. The fourth-order valence-electron chi connectivity index (χ4n) is 1.40. The van der Waals surface area contributed by atoms with Gasteiger partial charge in [-0.15, -0.1) is 0 Å². The number of hydrogen-bond acceptors (Lipinski definition) is 2. The summed E-state index contributed by atoms with van der Waals surface area (Å²) in [7, 11) is 1.91. The molecule has 0 bridgehead atoms. The average molecular weight is 208 g/mol. The van der Waals surface area contributed by atoms with E-state index in [4.69, 9.17) is 0 Å². The Morgan fingerprint density at radius 1 is 1.47 bits per heavy atom. The third-order valence-electron chi connectivity index (χ3n) is 2.44. The van der Waals surface area contributed by atoms with Crippen LogP contribution in [0.4, 0.5) is 0 Å². The van der Waals surface area contributed by atoms with Crippen molar-refractivity contribution in [3.63, 3.8) is 0 Å². The maximum Gasteiger partial charge on any atom is 0.138 e. The second-order valence-electron chi connectivity index (χ2n) is 5.01. The molecule has 0 saturated heterocycles. The second-order valence-corrected chi connectivity index (χ2v) is 5.01. The minimum Gasteiger partial charge on any atom is -0.299 e. The molecule has 0 N–H and O–H groups in total. The van der Waals surface area contributed by atoms with Crippen molar-refractivity contribution in [2.24, 2.45) is 12.5 Å². The molecule has 0 radical (unpaired) electrons. The van der Waals surface area contributed by atoms with Crippen LogP contribution in [0.5, 0.6) is 0 Å². The zero-order valence-electron chi connectivity index (χ0n) is 10.1. The van der Waals surface area contributed by atoms with Crippen LogP contribution < -0.4 is 0 Å². The molecule has 1 aromatic rings. The Morgan fingerprint density at radius 3 is 2.60 bits per heavy atom. The van der Waals surface area contributed by atoms with E-state index in [-0.39, 0.29) is 5.41 Å². The maximum atomic E-state index is 11.6. The lowest BCUT2D eigenvalue weighted by molar-refractivity contribution is -0.126. The largest absolute Gasteiger partial charge is 0.299 e. The molecule has 1 heterocycles. The van der Waals surface area contributed by atoms with Crippen LogP contribution in [0.15, 0.2) is 12.3 Å². The van der Waals surface area contributed by atoms with E-state index < -0.39 is 0 Å². The van der Waals surface area contributed by atoms with Crippen LogP contribution in [0.1, 0.15) is 39.3 Å². The summed E-state index contributed by atoms with van der Waals surface area (Å²) in [5.74, 6) is 0.332. The van der Waals surface area contributed by atoms with Crippen LogP contribution in [0.25, 0.3) is 0 Å². The van der Waals surface area contributed by atoms with Crippen molar-refractivity contribution >= 4 is 5.78 Å². The van der Waals surface area contributed by atoms with Crippen molar-refractivity contribution in [2.45, 2.75) is 40.0 Å². The summed E-state index contributed by atoms with van der Waals surface area (Å²) < 4.78 is 1.79. The number of nitrogens with zero attached hydrogens (tertiary/aromatic N) is 2. The van der Waals surface area contributed by atoms with E-state index in [1.165, 1.54) is 0 Å². The lowest BCUT2D eigenvalue weighted by Gasteiger charge is -2.15. The zero-order chi connectivity index (χ0) is 11.5. The number of aryl methyl sites for hydroxylation is 2. The van der Waals surface area contributed by atoms with Crippen LogP contribution in [-0.2, 0) is 18.3 Å². The lowest BCUT2D eigenvalue weighted by atomic mass is 9.88. The molecule has 0 aliphatic carbocycles. The fourth-order valence-corrected chi connectivity index (χ4v) is 1.40. The van der Waals surface area contributed by atoms with E-state index in [1.807, 2.05) is 40.1 Å². The summed E-state index contributed by atoms with van der Waals surface area (Å²) in [5, 5.41) is 4.28. The van der Waals surface area contributed by atoms with Crippen LogP contribution in [0.3, 0.4) is 0 Å². The van der Waals surface area contributed by atoms with Gasteiger partial charge in [-0.3, -0.25) is 9.48 Å². The Morgan fingerprint density at radius 2 is 2.13 bits per heavy atom. The number of ketones is 1. The summed E-state index contributed by atoms with van der Waals surface area (Å²) in [6.45, 7) is 5.91. The van der Waals surface area contributed by atoms with E-state index in [0.717, 1.165) is 18.5 Å². The van der Waals surface area contributed by atoms with Gasteiger partial charge in [0.2, 0.25) is 0 Å². The minimum atomic E-state index is -0.204. The van der Waals surface area contributed by atoms with Gasteiger partial charge in [-0.05, 0) is 18.9 Å². The van der Waals surface area contributed by atoms with E-state index >= 15 is 0 Å². The van der Waals surface area contributed by atoms with Gasteiger partial charge in [-0.2, -0.15) is 5.10 Å². The molecule has 0 unspecified atom stereocenters. The summed E-state index contributed by atoms with van der Waals surface area (Å²) in [6.07, 6.45) is 4.37. The quantitative estimate of drug-likeness (QED) is 0.761. The SMILES string of the molecule is Cn1ccc(CCCC(=O)C(C)(C)C)n1. The van der Waals surface area contributed by atoms with Crippen LogP contribution in [-0.4, -0.2) is 15.6 Å². The van der Waals surface area contributed by atoms with Gasteiger partial charge in [0.15, 0.2) is 0 Å². The molecule has 1 rings (SSSR count). The summed E-state index contributed by atoms with van der Waals surface area (Å²) in [5.41, 5.74) is 0.864. The first-order chi connectivity index (χ1) is 6.89. The first-order valence-electron chi connectivity index (χ1n) is 5.41. The van der Waals surface area contributed by atoms with E-state index in [9.17, 15) is 4.79 Å². The molecule has 3 nitrogen and oxygen atoms in total. The first kappa shape index (κ1) is 12.0. The number of rotatable bonds is 4. The third-order valence-corrected chi connectivity index (χ3v) is 2.44. The van der Waals surface area contributed by atoms with Crippen molar-refractivity contribution in [2.75, 3.05) is 0 Å². The smallest absolute Gasteiger partial charge is 0.138 e. The molecule has 0 fully saturated rings. The number of hydrogen-bond donors (Lipinski definition) is 0. The molecule has 0 amide bonds. The van der Waals surface area contributed by atoms with E-state index in [2.05, 4.69) is 5.10 Å². The monoisotopic (exact) mass is 208 g/mol. The first-order valence-corrected chi connectivity index (χ1v) is 5.41. The van der Waals surface area contributed by atoms with Gasteiger partial charge in [0.05, 0.1) is 5.69 Å². The Bertz CT molecular complexity index is 334. The molecule has 1 aromatic heterocycles. The van der Waals surface area contributed by atoms with Crippen molar-refractivity contribution in [3.8, 4) is 0 Å².